The highest BCUT2D eigenvalue weighted by atomic mass is 16.5. The van der Waals surface area contributed by atoms with Gasteiger partial charge in [-0.25, -0.2) is 0 Å². The molecular weight excluding hydrogens is 272 g/mol. The van der Waals surface area contributed by atoms with Gasteiger partial charge in [-0.2, -0.15) is 0 Å². The molecule has 114 valence electrons. The van der Waals surface area contributed by atoms with Crippen LogP contribution in [0.3, 0.4) is 0 Å². The Hall–Kier alpha value is -1.96. The van der Waals surface area contributed by atoms with Crippen LogP contribution in [0.25, 0.3) is 11.1 Å². The molecule has 0 bridgehead atoms. The summed E-state index contributed by atoms with van der Waals surface area (Å²) in [4.78, 5) is 0. The molecule has 0 fully saturated rings. The maximum atomic E-state index is 5.56. The predicted octanol–water partition coefficient (Wildman–Crippen LogP) is 4.35. The molecule has 0 aliphatic heterocycles. The van der Waals surface area contributed by atoms with Gasteiger partial charge in [0.25, 0.3) is 0 Å². The second kappa shape index (κ2) is 5.35. The first-order valence-electron chi connectivity index (χ1n) is 8.21. The first kappa shape index (κ1) is 13.7. The number of methoxy groups -OCH3 is 2. The Bertz CT molecular complexity index is 667. The SMILES string of the molecule is COc1ccc(-c2ccc(OC)c3c2CCC3)c2c1CCC2. The molecular formula is C20H22O2. The Labute approximate surface area is 132 Å². The molecule has 2 aromatic carbocycles. The van der Waals surface area contributed by atoms with Crippen LogP contribution < -0.4 is 9.47 Å². The highest BCUT2D eigenvalue weighted by molar-refractivity contribution is 5.76. The Morgan fingerprint density at radius 1 is 0.591 bits per heavy atom. The van der Waals surface area contributed by atoms with E-state index in [0.29, 0.717) is 0 Å². The largest absolute Gasteiger partial charge is 0.496 e. The molecule has 0 atom stereocenters. The summed E-state index contributed by atoms with van der Waals surface area (Å²) >= 11 is 0. The van der Waals surface area contributed by atoms with Crippen LogP contribution in [-0.4, -0.2) is 14.2 Å². The van der Waals surface area contributed by atoms with Crippen molar-refractivity contribution in [3.8, 4) is 22.6 Å². The van der Waals surface area contributed by atoms with E-state index in [2.05, 4.69) is 24.3 Å². The Morgan fingerprint density at radius 2 is 1.00 bits per heavy atom. The lowest BCUT2D eigenvalue weighted by Crippen LogP contribution is -1.98. The van der Waals surface area contributed by atoms with Gasteiger partial charge >= 0.3 is 0 Å². The van der Waals surface area contributed by atoms with E-state index in [4.69, 9.17) is 9.47 Å². The molecule has 2 aliphatic carbocycles. The van der Waals surface area contributed by atoms with Crippen molar-refractivity contribution in [3.63, 3.8) is 0 Å². The fourth-order valence-electron chi connectivity index (χ4n) is 4.23. The number of rotatable bonds is 3. The van der Waals surface area contributed by atoms with Crippen LogP contribution in [0.15, 0.2) is 24.3 Å². The van der Waals surface area contributed by atoms with Crippen molar-refractivity contribution in [1.29, 1.82) is 0 Å². The summed E-state index contributed by atoms with van der Waals surface area (Å²) in [5.74, 6) is 2.11. The van der Waals surface area contributed by atoms with Gasteiger partial charge in [0.05, 0.1) is 14.2 Å². The number of fused-ring (bicyclic) bond motifs is 2. The molecule has 0 N–H and O–H groups in total. The van der Waals surface area contributed by atoms with Gasteiger partial charge in [-0.1, -0.05) is 12.1 Å². The van der Waals surface area contributed by atoms with Crippen LogP contribution in [-0.2, 0) is 25.7 Å². The summed E-state index contributed by atoms with van der Waals surface area (Å²) in [6.45, 7) is 0. The number of benzene rings is 2. The van der Waals surface area contributed by atoms with E-state index in [1.807, 2.05) is 0 Å². The molecule has 2 aromatic rings. The van der Waals surface area contributed by atoms with Gasteiger partial charge in [-0.05, 0) is 84.0 Å². The molecule has 0 amide bonds. The van der Waals surface area contributed by atoms with E-state index in [1.54, 1.807) is 14.2 Å². The van der Waals surface area contributed by atoms with Gasteiger partial charge in [0.15, 0.2) is 0 Å². The van der Waals surface area contributed by atoms with E-state index in [1.165, 1.54) is 59.1 Å². The molecule has 0 aromatic heterocycles. The van der Waals surface area contributed by atoms with E-state index in [0.717, 1.165) is 24.3 Å². The molecule has 0 heterocycles. The van der Waals surface area contributed by atoms with Crippen LogP contribution in [0.1, 0.15) is 35.1 Å². The van der Waals surface area contributed by atoms with Gasteiger partial charge in [-0.3, -0.25) is 0 Å². The van der Waals surface area contributed by atoms with Crippen LogP contribution in [0.2, 0.25) is 0 Å². The third-order valence-corrected chi connectivity index (χ3v) is 5.21. The maximum Gasteiger partial charge on any atom is 0.122 e. The lowest BCUT2D eigenvalue weighted by atomic mass is 9.91. The molecule has 0 spiro atoms. The third-order valence-electron chi connectivity index (χ3n) is 5.21. The third kappa shape index (κ3) is 1.93. The molecule has 2 heteroatoms. The minimum absolute atomic E-state index is 1.06. The average molecular weight is 294 g/mol. The molecule has 0 radical (unpaired) electrons. The van der Waals surface area contributed by atoms with Crippen molar-refractivity contribution >= 4 is 0 Å². The van der Waals surface area contributed by atoms with Crippen molar-refractivity contribution in [2.45, 2.75) is 38.5 Å². The first-order valence-corrected chi connectivity index (χ1v) is 8.21. The average Bonchev–Trinajstić information content (AvgIpc) is 3.22. The minimum atomic E-state index is 1.06. The summed E-state index contributed by atoms with van der Waals surface area (Å²) in [7, 11) is 3.55. The molecule has 2 nitrogen and oxygen atoms in total. The maximum absolute atomic E-state index is 5.56. The van der Waals surface area contributed by atoms with Crippen molar-refractivity contribution < 1.29 is 9.47 Å². The monoisotopic (exact) mass is 294 g/mol. The molecule has 2 aliphatic rings. The van der Waals surface area contributed by atoms with Gasteiger partial charge in [0.2, 0.25) is 0 Å². The zero-order chi connectivity index (χ0) is 15.1. The zero-order valence-corrected chi connectivity index (χ0v) is 13.4. The Kier molecular flexibility index (Phi) is 3.33. The van der Waals surface area contributed by atoms with E-state index in [9.17, 15) is 0 Å². The highest BCUT2D eigenvalue weighted by Gasteiger charge is 2.24. The van der Waals surface area contributed by atoms with E-state index in [-0.39, 0.29) is 0 Å². The molecule has 0 saturated heterocycles. The van der Waals surface area contributed by atoms with Gasteiger partial charge in [-0.15, -0.1) is 0 Å². The summed E-state index contributed by atoms with van der Waals surface area (Å²) in [5, 5.41) is 0. The van der Waals surface area contributed by atoms with Crippen molar-refractivity contribution in [2.75, 3.05) is 14.2 Å². The fraction of sp³-hybridized carbons (Fsp3) is 0.400. The summed E-state index contributed by atoms with van der Waals surface area (Å²) in [5.41, 5.74) is 8.66. The van der Waals surface area contributed by atoms with Gasteiger partial charge in [0.1, 0.15) is 11.5 Å². The van der Waals surface area contributed by atoms with Crippen LogP contribution >= 0.6 is 0 Å². The number of ether oxygens (including phenoxy) is 2. The first-order chi connectivity index (χ1) is 10.8. The zero-order valence-electron chi connectivity index (χ0n) is 13.4. The summed E-state index contributed by atoms with van der Waals surface area (Å²) in [6, 6.07) is 8.79. The predicted molar refractivity (Wildman–Crippen MR) is 89.0 cm³/mol. The smallest absolute Gasteiger partial charge is 0.122 e. The minimum Gasteiger partial charge on any atom is -0.496 e. The van der Waals surface area contributed by atoms with E-state index >= 15 is 0 Å². The van der Waals surface area contributed by atoms with Crippen molar-refractivity contribution in [1.82, 2.24) is 0 Å². The lowest BCUT2D eigenvalue weighted by molar-refractivity contribution is 0.410. The summed E-state index contributed by atoms with van der Waals surface area (Å²) in [6.07, 6.45) is 7.10. The van der Waals surface area contributed by atoms with Crippen LogP contribution in [0, 0.1) is 0 Å². The fourth-order valence-corrected chi connectivity index (χ4v) is 4.23. The molecule has 22 heavy (non-hydrogen) atoms. The Morgan fingerprint density at radius 3 is 1.41 bits per heavy atom. The highest BCUT2D eigenvalue weighted by Crippen LogP contribution is 2.43. The molecule has 0 saturated carbocycles. The van der Waals surface area contributed by atoms with Crippen molar-refractivity contribution in [3.05, 3.63) is 46.5 Å². The topological polar surface area (TPSA) is 18.5 Å². The molecule has 0 unspecified atom stereocenters. The van der Waals surface area contributed by atoms with Crippen LogP contribution in [0.4, 0.5) is 0 Å². The normalized spacial score (nSPS) is 15.5. The number of hydrogen-bond donors (Lipinski definition) is 0. The van der Waals surface area contributed by atoms with Crippen LogP contribution in [0.5, 0.6) is 11.5 Å². The second-order valence-electron chi connectivity index (χ2n) is 6.25. The van der Waals surface area contributed by atoms with Crippen molar-refractivity contribution in [2.24, 2.45) is 0 Å². The lowest BCUT2D eigenvalue weighted by Gasteiger charge is -2.17. The summed E-state index contributed by atoms with van der Waals surface area (Å²) < 4.78 is 11.1. The molecule has 4 rings (SSSR count). The van der Waals surface area contributed by atoms with E-state index < -0.39 is 0 Å². The quantitative estimate of drug-likeness (QED) is 0.838. The van der Waals surface area contributed by atoms with Gasteiger partial charge in [0, 0.05) is 0 Å². The number of hydrogen-bond acceptors (Lipinski definition) is 2. The standard InChI is InChI=1S/C20H22O2/c1-21-19-11-9-15(13-5-3-7-17(13)19)16-10-12-20(22-2)18-8-4-6-14(16)18/h9-12H,3-8H2,1-2H3. The Balaban J connectivity index is 1.91. The van der Waals surface area contributed by atoms with Gasteiger partial charge < -0.3 is 9.47 Å². The second-order valence-corrected chi connectivity index (χ2v) is 6.25.